The van der Waals surface area contributed by atoms with Gasteiger partial charge in [-0.2, -0.15) is 4.37 Å². The van der Waals surface area contributed by atoms with Crippen LogP contribution in [0.5, 0.6) is 0 Å². The Hall–Kier alpha value is -1.85. The maximum atomic E-state index is 11.9. The maximum Gasteiger partial charge on any atom is 0.211 e. The fourth-order valence-electron chi connectivity index (χ4n) is 5.23. The topological polar surface area (TPSA) is 89.4 Å². The predicted molar refractivity (Wildman–Crippen MR) is 135 cm³/mol. The summed E-state index contributed by atoms with van der Waals surface area (Å²) in [5.41, 5.74) is 5.40. The molecule has 184 valence electrons. The number of nitrogens with zero attached hydrogens (tertiary/aromatic N) is 4. The van der Waals surface area contributed by atoms with Crippen LogP contribution in [0.4, 0.5) is 0 Å². The van der Waals surface area contributed by atoms with E-state index in [1.807, 2.05) is 0 Å². The lowest BCUT2D eigenvalue weighted by atomic mass is 9.98. The summed E-state index contributed by atoms with van der Waals surface area (Å²) in [7, 11) is -1.65. The van der Waals surface area contributed by atoms with Crippen LogP contribution in [0.25, 0.3) is 22.4 Å². The second kappa shape index (κ2) is 10.4. The van der Waals surface area contributed by atoms with Crippen LogP contribution in [0, 0.1) is 11.8 Å². The molecule has 0 spiro atoms. The Morgan fingerprint density at radius 3 is 2.62 bits per heavy atom. The predicted octanol–water partition coefficient (Wildman–Crippen LogP) is 3.35. The van der Waals surface area contributed by atoms with Crippen LogP contribution in [0.3, 0.4) is 0 Å². The third kappa shape index (κ3) is 5.52. The number of benzene rings is 1. The van der Waals surface area contributed by atoms with Gasteiger partial charge in [-0.25, -0.2) is 18.1 Å². The average molecular weight is 504 g/mol. The summed E-state index contributed by atoms with van der Waals surface area (Å²) in [4.78, 5) is 6.93. The van der Waals surface area contributed by atoms with Crippen LogP contribution < -0.4 is 4.72 Å². The highest BCUT2D eigenvalue weighted by molar-refractivity contribution is 7.89. The van der Waals surface area contributed by atoms with Gasteiger partial charge in [-0.3, -0.25) is 4.90 Å². The summed E-state index contributed by atoms with van der Waals surface area (Å²) >= 11 is 1.39. The Bertz CT molecular complexity index is 1190. The van der Waals surface area contributed by atoms with Crippen LogP contribution in [-0.2, 0) is 27.8 Å². The number of likely N-dealkylation sites (tertiary alicyclic amines) is 1. The lowest BCUT2D eigenvalue weighted by Crippen LogP contribution is -2.37. The molecule has 8 nitrogen and oxygen atoms in total. The summed E-state index contributed by atoms with van der Waals surface area (Å²) in [5.74, 6) is 1.88. The molecule has 0 radical (unpaired) electrons. The Morgan fingerprint density at radius 1 is 1.12 bits per heavy atom. The van der Waals surface area contributed by atoms with Gasteiger partial charge >= 0.3 is 0 Å². The number of rotatable bonds is 8. The molecule has 4 heterocycles. The van der Waals surface area contributed by atoms with Gasteiger partial charge in [0.2, 0.25) is 10.0 Å². The van der Waals surface area contributed by atoms with E-state index in [9.17, 15) is 8.42 Å². The zero-order valence-electron chi connectivity index (χ0n) is 19.6. The van der Waals surface area contributed by atoms with E-state index in [1.54, 1.807) is 5.51 Å². The molecule has 0 aliphatic carbocycles. The smallest absolute Gasteiger partial charge is 0.211 e. The van der Waals surface area contributed by atoms with Crippen molar-refractivity contribution >= 4 is 32.5 Å². The highest BCUT2D eigenvalue weighted by Gasteiger charge is 2.24. The van der Waals surface area contributed by atoms with Crippen LogP contribution in [0.2, 0.25) is 0 Å². The largest absolute Gasteiger partial charge is 0.381 e. The molecule has 2 aliphatic rings. The van der Waals surface area contributed by atoms with Crippen LogP contribution in [-0.4, -0.2) is 66.3 Å². The number of hydrogen-bond acceptors (Lipinski definition) is 7. The van der Waals surface area contributed by atoms with E-state index >= 15 is 0 Å². The highest BCUT2D eigenvalue weighted by atomic mass is 32.2. The first-order chi connectivity index (χ1) is 16.5. The molecule has 2 aromatic heterocycles. The Labute approximate surface area is 205 Å². The molecule has 3 aromatic rings. The van der Waals surface area contributed by atoms with E-state index in [-0.39, 0.29) is 11.7 Å². The SMILES string of the molecule is CNS(=O)(=O)CC1CCN(Cc2ccc3c(c2)cc(-c2ncsn2)n3CC2CCOCC2)CC1. The Kier molecular flexibility index (Phi) is 7.31. The number of piperidine rings is 1. The monoisotopic (exact) mass is 503 g/mol. The standard InChI is InChI=1S/C24H33N5O3S2/c1-25-34(30,31)16-19-4-8-28(9-5-19)14-20-2-3-22-21(12-20)13-23(24-26-17-33-27-24)29(22)15-18-6-10-32-11-7-18/h2-3,12-13,17-19,25H,4-11,14-16H2,1H3. The average Bonchev–Trinajstić information content (AvgIpc) is 3.49. The van der Waals surface area contributed by atoms with Gasteiger partial charge in [-0.15, -0.1) is 0 Å². The van der Waals surface area contributed by atoms with Crippen molar-refractivity contribution in [2.45, 2.75) is 38.8 Å². The third-order valence-electron chi connectivity index (χ3n) is 7.22. The molecular weight excluding hydrogens is 470 g/mol. The van der Waals surface area contributed by atoms with Gasteiger partial charge in [0.15, 0.2) is 5.82 Å². The Morgan fingerprint density at radius 2 is 1.91 bits per heavy atom. The molecule has 10 heteroatoms. The lowest BCUT2D eigenvalue weighted by Gasteiger charge is -2.31. The summed E-state index contributed by atoms with van der Waals surface area (Å²) in [6, 6.07) is 9.00. The van der Waals surface area contributed by atoms with Crippen molar-refractivity contribution in [2.24, 2.45) is 11.8 Å². The second-order valence-corrected chi connectivity index (χ2v) is 12.1. The molecule has 1 N–H and O–H groups in total. The molecule has 0 saturated carbocycles. The number of hydrogen-bond donors (Lipinski definition) is 1. The number of ether oxygens (including phenoxy) is 1. The van der Waals surface area contributed by atoms with Crippen molar-refractivity contribution in [2.75, 3.05) is 39.1 Å². The van der Waals surface area contributed by atoms with E-state index in [0.717, 1.165) is 76.6 Å². The van der Waals surface area contributed by atoms with E-state index in [0.29, 0.717) is 5.92 Å². The van der Waals surface area contributed by atoms with Gasteiger partial charge in [0, 0.05) is 37.2 Å². The van der Waals surface area contributed by atoms with E-state index in [4.69, 9.17) is 4.74 Å². The number of sulfonamides is 1. The quantitative estimate of drug-likeness (QED) is 0.507. The minimum atomic E-state index is -3.14. The minimum Gasteiger partial charge on any atom is -0.381 e. The molecule has 34 heavy (non-hydrogen) atoms. The van der Waals surface area contributed by atoms with Gasteiger partial charge in [-0.1, -0.05) is 6.07 Å². The third-order valence-corrected chi connectivity index (χ3v) is 9.23. The van der Waals surface area contributed by atoms with Crippen LogP contribution >= 0.6 is 11.5 Å². The van der Waals surface area contributed by atoms with Gasteiger partial charge in [-0.05, 0) is 93.0 Å². The molecule has 2 fully saturated rings. The summed E-state index contributed by atoms with van der Waals surface area (Å²) < 4.78 is 38.6. The van der Waals surface area contributed by atoms with Gasteiger partial charge in [0.1, 0.15) is 5.51 Å². The molecule has 2 saturated heterocycles. The number of aromatic nitrogens is 3. The van der Waals surface area contributed by atoms with Crippen molar-refractivity contribution < 1.29 is 13.2 Å². The van der Waals surface area contributed by atoms with Crippen LogP contribution in [0.15, 0.2) is 29.8 Å². The molecule has 0 atom stereocenters. The fourth-order valence-corrected chi connectivity index (χ4v) is 6.79. The number of nitrogens with one attached hydrogen (secondary N) is 1. The molecule has 0 unspecified atom stereocenters. The van der Waals surface area contributed by atoms with Gasteiger partial charge < -0.3 is 9.30 Å². The molecule has 2 aliphatic heterocycles. The zero-order valence-corrected chi connectivity index (χ0v) is 21.3. The van der Waals surface area contributed by atoms with Crippen molar-refractivity contribution in [1.82, 2.24) is 23.5 Å². The van der Waals surface area contributed by atoms with Crippen molar-refractivity contribution in [1.29, 1.82) is 0 Å². The van der Waals surface area contributed by atoms with E-state index in [2.05, 4.69) is 47.8 Å². The first-order valence-electron chi connectivity index (χ1n) is 12.1. The lowest BCUT2D eigenvalue weighted by molar-refractivity contribution is 0.0617. The van der Waals surface area contributed by atoms with E-state index in [1.165, 1.54) is 35.0 Å². The van der Waals surface area contributed by atoms with Gasteiger partial charge in [0.05, 0.1) is 11.4 Å². The molecule has 0 amide bonds. The first kappa shape index (κ1) is 23.9. The molecule has 1 aromatic carbocycles. The summed E-state index contributed by atoms with van der Waals surface area (Å²) in [5, 5.41) is 1.23. The summed E-state index contributed by atoms with van der Waals surface area (Å²) in [6.07, 6.45) is 4.02. The Balaban J connectivity index is 1.31. The minimum absolute atomic E-state index is 0.233. The summed E-state index contributed by atoms with van der Waals surface area (Å²) in [6.45, 7) is 5.40. The normalized spacial score (nSPS) is 19.2. The van der Waals surface area contributed by atoms with Crippen molar-refractivity contribution in [3.63, 3.8) is 0 Å². The van der Waals surface area contributed by atoms with Crippen molar-refractivity contribution in [3.05, 3.63) is 35.3 Å². The fraction of sp³-hybridized carbons (Fsp3) is 0.583. The molecule has 0 bridgehead atoms. The second-order valence-electron chi connectivity index (χ2n) is 9.55. The zero-order chi connectivity index (χ0) is 23.5. The van der Waals surface area contributed by atoms with Gasteiger partial charge in [0.25, 0.3) is 0 Å². The number of fused-ring (bicyclic) bond motifs is 1. The maximum absolute atomic E-state index is 11.9. The highest BCUT2D eigenvalue weighted by Crippen LogP contribution is 2.31. The molecular formula is C24H33N5O3S2. The van der Waals surface area contributed by atoms with Crippen molar-refractivity contribution in [3.8, 4) is 11.5 Å². The van der Waals surface area contributed by atoms with Crippen LogP contribution in [0.1, 0.15) is 31.2 Å². The van der Waals surface area contributed by atoms with E-state index < -0.39 is 10.0 Å². The molecule has 5 rings (SSSR count). The first-order valence-corrected chi connectivity index (χ1v) is 14.6.